The van der Waals surface area contributed by atoms with Gasteiger partial charge in [0, 0.05) is 18.8 Å². The molecule has 96 valence electrons. The number of carbonyl (C=O) groups is 1. The van der Waals surface area contributed by atoms with Crippen molar-refractivity contribution in [2.75, 3.05) is 6.54 Å². The van der Waals surface area contributed by atoms with Crippen molar-refractivity contribution in [1.29, 1.82) is 0 Å². The van der Waals surface area contributed by atoms with Crippen molar-refractivity contribution in [3.8, 4) is 0 Å². The zero-order valence-corrected chi connectivity index (χ0v) is 11.0. The van der Waals surface area contributed by atoms with Crippen molar-refractivity contribution >= 4 is 18.3 Å². The fraction of sp³-hybridized carbons (Fsp3) is 0.636. The van der Waals surface area contributed by atoms with E-state index in [-0.39, 0.29) is 30.4 Å². The summed E-state index contributed by atoms with van der Waals surface area (Å²) in [7, 11) is 1.87. The molecule has 1 fully saturated rings. The first-order valence-corrected chi connectivity index (χ1v) is 5.69. The SMILES string of the molecule is CC(NC(=O)C1CCCN1)c1cnn(C)c1.Cl. The normalized spacial score (nSPS) is 20.7. The van der Waals surface area contributed by atoms with Gasteiger partial charge in [-0.15, -0.1) is 12.4 Å². The van der Waals surface area contributed by atoms with Crippen LogP contribution in [0.3, 0.4) is 0 Å². The van der Waals surface area contributed by atoms with Crippen molar-refractivity contribution in [1.82, 2.24) is 20.4 Å². The van der Waals surface area contributed by atoms with E-state index in [9.17, 15) is 4.79 Å². The van der Waals surface area contributed by atoms with Crippen LogP contribution in [0.2, 0.25) is 0 Å². The zero-order valence-electron chi connectivity index (χ0n) is 10.1. The quantitative estimate of drug-likeness (QED) is 0.842. The highest BCUT2D eigenvalue weighted by molar-refractivity contribution is 5.85. The van der Waals surface area contributed by atoms with Gasteiger partial charge in [-0.05, 0) is 26.3 Å². The molecular weight excluding hydrogens is 240 g/mol. The Balaban J connectivity index is 0.00000144. The molecule has 1 amide bonds. The van der Waals surface area contributed by atoms with E-state index in [1.165, 1.54) is 0 Å². The van der Waals surface area contributed by atoms with Crippen LogP contribution in [0.25, 0.3) is 0 Å². The number of hydrogen-bond donors (Lipinski definition) is 2. The molecule has 1 saturated heterocycles. The number of amides is 1. The molecule has 0 radical (unpaired) electrons. The fourth-order valence-corrected chi connectivity index (χ4v) is 1.97. The van der Waals surface area contributed by atoms with Crippen LogP contribution < -0.4 is 10.6 Å². The third-order valence-corrected chi connectivity index (χ3v) is 2.96. The highest BCUT2D eigenvalue weighted by atomic mass is 35.5. The minimum absolute atomic E-state index is 0. The first-order chi connectivity index (χ1) is 7.66. The van der Waals surface area contributed by atoms with Crippen LogP contribution in [0.5, 0.6) is 0 Å². The van der Waals surface area contributed by atoms with Crippen molar-refractivity contribution in [3.05, 3.63) is 18.0 Å². The van der Waals surface area contributed by atoms with Gasteiger partial charge in [-0.25, -0.2) is 0 Å². The van der Waals surface area contributed by atoms with Crippen LogP contribution in [0.4, 0.5) is 0 Å². The van der Waals surface area contributed by atoms with Crippen LogP contribution in [-0.2, 0) is 11.8 Å². The molecule has 0 bridgehead atoms. The first kappa shape index (κ1) is 14.0. The summed E-state index contributed by atoms with van der Waals surface area (Å²) >= 11 is 0. The van der Waals surface area contributed by atoms with Gasteiger partial charge in [-0.1, -0.05) is 0 Å². The second kappa shape index (κ2) is 6.02. The molecular formula is C11H19ClN4O. The van der Waals surface area contributed by atoms with Gasteiger partial charge < -0.3 is 10.6 Å². The lowest BCUT2D eigenvalue weighted by molar-refractivity contribution is -0.123. The summed E-state index contributed by atoms with van der Waals surface area (Å²) in [5.74, 6) is 0.0915. The van der Waals surface area contributed by atoms with Gasteiger partial charge in [0.2, 0.25) is 5.91 Å². The predicted octanol–water partition coefficient (Wildman–Crippen LogP) is 0.771. The number of nitrogens with one attached hydrogen (secondary N) is 2. The number of hydrogen-bond acceptors (Lipinski definition) is 3. The molecule has 1 aliphatic heterocycles. The maximum Gasteiger partial charge on any atom is 0.237 e. The Morgan fingerprint density at radius 1 is 1.71 bits per heavy atom. The second-order valence-corrected chi connectivity index (χ2v) is 4.33. The summed E-state index contributed by atoms with van der Waals surface area (Å²) in [4.78, 5) is 11.8. The van der Waals surface area contributed by atoms with Crippen LogP contribution in [0.1, 0.15) is 31.4 Å². The number of carbonyl (C=O) groups excluding carboxylic acids is 1. The molecule has 5 nitrogen and oxygen atoms in total. The largest absolute Gasteiger partial charge is 0.348 e. The van der Waals surface area contributed by atoms with Gasteiger partial charge in [0.1, 0.15) is 0 Å². The number of halogens is 1. The van der Waals surface area contributed by atoms with Crippen LogP contribution in [0, 0.1) is 0 Å². The van der Waals surface area contributed by atoms with Gasteiger partial charge >= 0.3 is 0 Å². The molecule has 1 aromatic rings. The van der Waals surface area contributed by atoms with Gasteiger partial charge in [-0.2, -0.15) is 5.10 Å². The smallest absolute Gasteiger partial charge is 0.237 e. The van der Waals surface area contributed by atoms with Crippen molar-refractivity contribution in [2.45, 2.75) is 31.8 Å². The van der Waals surface area contributed by atoms with Crippen molar-refractivity contribution in [3.63, 3.8) is 0 Å². The molecule has 2 rings (SSSR count). The molecule has 1 aromatic heterocycles. The first-order valence-electron chi connectivity index (χ1n) is 5.69. The van der Waals surface area contributed by atoms with E-state index in [0.717, 1.165) is 24.9 Å². The Kier molecular flexibility index (Phi) is 4.96. The Hall–Kier alpha value is -1.07. The highest BCUT2D eigenvalue weighted by Crippen LogP contribution is 2.12. The van der Waals surface area contributed by atoms with Crippen LogP contribution in [0.15, 0.2) is 12.4 Å². The Labute approximate surface area is 107 Å². The van der Waals surface area contributed by atoms with Crippen molar-refractivity contribution in [2.24, 2.45) is 7.05 Å². The third-order valence-electron chi connectivity index (χ3n) is 2.96. The lowest BCUT2D eigenvalue weighted by Gasteiger charge is -2.15. The number of aryl methyl sites for hydroxylation is 1. The molecule has 0 spiro atoms. The standard InChI is InChI=1S/C11H18N4O.ClH/c1-8(9-6-13-15(2)7-9)14-11(16)10-4-3-5-12-10;/h6-8,10,12H,3-5H2,1-2H3,(H,14,16);1H. The summed E-state index contributed by atoms with van der Waals surface area (Å²) in [5.41, 5.74) is 1.04. The third kappa shape index (κ3) is 3.44. The van der Waals surface area contributed by atoms with E-state index in [2.05, 4.69) is 15.7 Å². The summed E-state index contributed by atoms with van der Waals surface area (Å²) in [6.07, 6.45) is 5.73. The molecule has 0 saturated carbocycles. The number of nitrogens with zero attached hydrogens (tertiary/aromatic N) is 2. The zero-order chi connectivity index (χ0) is 11.5. The average molecular weight is 259 g/mol. The van der Waals surface area contributed by atoms with E-state index in [1.54, 1.807) is 10.9 Å². The van der Waals surface area contributed by atoms with Crippen LogP contribution in [-0.4, -0.2) is 28.3 Å². The number of rotatable bonds is 3. The minimum Gasteiger partial charge on any atom is -0.348 e. The highest BCUT2D eigenvalue weighted by Gasteiger charge is 2.23. The molecule has 2 unspecified atom stereocenters. The van der Waals surface area contributed by atoms with Gasteiger partial charge in [-0.3, -0.25) is 9.48 Å². The van der Waals surface area contributed by atoms with E-state index < -0.39 is 0 Å². The lowest BCUT2D eigenvalue weighted by Crippen LogP contribution is -2.41. The maximum atomic E-state index is 11.8. The molecule has 17 heavy (non-hydrogen) atoms. The van der Waals surface area contributed by atoms with Gasteiger partial charge in [0.05, 0.1) is 18.3 Å². The Bertz CT molecular complexity index is 373. The number of aromatic nitrogens is 2. The minimum atomic E-state index is -0.0147. The molecule has 2 heterocycles. The molecule has 0 aromatic carbocycles. The molecule has 1 aliphatic rings. The van der Waals surface area contributed by atoms with Crippen LogP contribution >= 0.6 is 12.4 Å². The fourth-order valence-electron chi connectivity index (χ4n) is 1.97. The molecule has 6 heteroatoms. The van der Waals surface area contributed by atoms with Crippen molar-refractivity contribution < 1.29 is 4.79 Å². The average Bonchev–Trinajstić information content (AvgIpc) is 2.87. The second-order valence-electron chi connectivity index (χ2n) is 4.33. The van der Waals surface area contributed by atoms with E-state index in [4.69, 9.17) is 0 Å². The summed E-state index contributed by atoms with van der Waals surface area (Å²) in [6, 6.07) is 0.00252. The summed E-state index contributed by atoms with van der Waals surface area (Å²) in [6.45, 7) is 2.92. The molecule has 0 aliphatic carbocycles. The maximum absolute atomic E-state index is 11.8. The van der Waals surface area contributed by atoms with E-state index in [1.807, 2.05) is 20.2 Å². The summed E-state index contributed by atoms with van der Waals surface area (Å²) in [5, 5.41) is 10.3. The van der Waals surface area contributed by atoms with Gasteiger partial charge in [0.25, 0.3) is 0 Å². The van der Waals surface area contributed by atoms with E-state index >= 15 is 0 Å². The lowest BCUT2D eigenvalue weighted by atomic mass is 10.1. The Morgan fingerprint density at radius 2 is 2.47 bits per heavy atom. The monoisotopic (exact) mass is 258 g/mol. The topological polar surface area (TPSA) is 59.0 Å². The predicted molar refractivity (Wildman–Crippen MR) is 68.0 cm³/mol. The summed E-state index contributed by atoms with van der Waals surface area (Å²) < 4.78 is 1.74. The molecule has 2 N–H and O–H groups in total. The molecule has 2 atom stereocenters. The Morgan fingerprint density at radius 3 is 3.00 bits per heavy atom. The van der Waals surface area contributed by atoms with E-state index in [0.29, 0.717) is 0 Å². The van der Waals surface area contributed by atoms with Gasteiger partial charge in [0.15, 0.2) is 0 Å².